The Morgan fingerprint density at radius 1 is 1.26 bits per heavy atom. The van der Waals surface area contributed by atoms with Crippen molar-refractivity contribution in [1.29, 1.82) is 0 Å². The number of benzene rings is 1. The zero-order chi connectivity index (χ0) is 13.8. The van der Waals surface area contributed by atoms with Crippen molar-refractivity contribution < 1.29 is 4.39 Å². The molecule has 2 aromatic rings. The van der Waals surface area contributed by atoms with Gasteiger partial charge >= 0.3 is 0 Å². The third-order valence-electron chi connectivity index (χ3n) is 2.80. The van der Waals surface area contributed by atoms with Crippen LogP contribution in [-0.2, 0) is 5.88 Å². The Morgan fingerprint density at radius 2 is 1.95 bits per heavy atom. The fraction of sp³-hybridized carbons (Fsp3) is 0.214. The summed E-state index contributed by atoms with van der Waals surface area (Å²) in [4.78, 5) is 6.26. The summed E-state index contributed by atoms with van der Waals surface area (Å²) in [7, 11) is 0. The maximum Gasteiger partial charge on any atom is 0.133 e. The monoisotopic (exact) mass is 298 g/mol. The van der Waals surface area contributed by atoms with Gasteiger partial charge in [-0.2, -0.15) is 0 Å². The van der Waals surface area contributed by atoms with E-state index in [4.69, 9.17) is 23.2 Å². The molecule has 0 spiro atoms. The predicted molar refractivity (Wildman–Crippen MR) is 77.9 cm³/mol. The van der Waals surface area contributed by atoms with Crippen LogP contribution in [0.1, 0.15) is 12.5 Å². The molecule has 2 rings (SSSR count). The van der Waals surface area contributed by atoms with E-state index in [1.165, 1.54) is 12.1 Å². The van der Waals surface area contributed by atoms with Crippen LogP contribution in [-0.4, -0.2) is 11.5 Å². The molecule has 0 unspecified atom stereocenters. The van der Waals surface area contributed by atoms with Crippen molar-refractivity contribution in [3.05, 3.63) is 52.9 Å². The zero-order valence-corrected chi connectivity index (χ0v) is 11.9. The van der Waals surface area contributed by atoms with E-state index in [0.717, 1.165) is 17.1 Å². The number of aromatic nitrogens is 1. The van der Waals surface area contributed by atoms with E-state index in [-0.39, 0.29) is 5.82 Å². The molecule has 19 heavy (non-hydrogen) atoms. The van der Waals surface area contributed by atoms with Crippen LogP contribution >= 0.6 is 23.2 Å². The lowest BCUT2D eigenvalue weighted by Crippen LogP contribution is -2.17. The number of anilines is 2. The maximum absolute atomic E-state index is 13.0. The Bertz CT molecular complexity index is 558. The normalized spacial score (nSPS) is 10.5. The summed E-state index contributed by atoms with van der Waals surface area (Å²) in [6.45, 7) is 2.71. The van der Waals surface area contributed by atoms with Crippen LogP contribution < -0.4 is 4.90 Å². The highest BCUT2D eigenvalue weighted by Gasteiger charge is 2.11. The number of pyridine rings is 1. The lowest BCUT2D eigenvalue weighted by molar-refractivity contribution is 0.628. The van der Waals surface area contributed by atoms with Gasteiger partial charge in [-0.25, -0.2) is 9.37 Å². The highest BCUT2D eigenvalue weighted by molar-refractivity contribution is 6.32. The summed E-state index contributed by atoms with van der Waals surface area (Å²) in [6.07, 6.45) is 1.58. The number of alkyl halides is 1. The molecule has 0 fully saturated rings. The van der Waals surface area contributed by atoms with Gasteiger partial charge in [0, 0.05) is 24.3 Å². The number of nitrogens with zero attached hydrogens (tertiary/aromatic N) is 2. The van der Waals surface area contributed by atoms with Crippen molar-refractivity contribution in [3.63, 3.8) is 0 Å². The molecule has 0 aliphatic rings. The Kier molecular flexibility index (Phi) is 4.61. The minimum Gasteiger partial charge on any atom is -0.327 e. The van der Waals surface area contributed by atoms with E-state index in [0.29, 0.717) is 17.4 Å². The maximum atomic E-state index is 13.0. The lowest BCUT2D eigenvalue weighted by atomic mass is 10.2. The van der Waals surface area contributed by atoms with E-state index in [9.17, 15) is 4.39 Å². The summed E-state index contributed by atoms with van der Waals surface area (Å²) < 4.78 is 13.0. The number of hydrogen-bond acceptors (Lipinski definition) is 2. The van der Waals surface area contributed by atoms with E-state index < -0.39 is 0 Å². The third-order valence-corrected chi connectivity index (χ3v) is 3.42. The SMILES string of the molecule is CCN(c1ccc(F)cc1)c1cc(CCl)c(Cl)cn1. The minimum atomic E-state index is -0.259. The molecule has 1 heterocycles. The first-order valence-electron chi connectivity index (χ1n) is 5.89. The zero-order valence-electron chi connectivity index (χ0n) is 10.4. The highest BCUT2D eigenvalue weighted by atomic mass is 35.5. The van der Waals surface area contributed by atoms with Gasteiger partial charge in [0.2, 0.25) is 0 Å². The second kappa shape index (κ2) is 6.22. The number of halogens is 3. The van der Waals surface area contributed by atoms with Gasteiger partial charge in [0.05, 0.1) is 5.02 Å². The van der Waals surface area contributed by atoms with E-state index >= 15 is 0 Å². The molecule has 0 N–H and O–H groups in total. The Balaban J connectivity index is 2.39. The van der Waals surface area contributed by atoms with Crippen LogP contribution in [0.25, 0.3) is 0 Å². The van der Waals surface area contributed by atoms with Gasteiger partial charge in [0.25, 0.3) is 0 Å². The van der Waals surface area contributed by atoms with E-state index in [1.807, 2.05) is 17.9 Å². The van der Waals surface area contributed by atoms with Crippen molar-refractivity contribution in [3.8, 4) is 0 Å². The standard InChI is InChI=1S/C14H13Cl2FN2/c1-2-19(12-5-3-11(17)4-6-12)14-7-10(8-15)13(16)9-18-14/h3-7,9H,2,8H2,1H3. The van der Waals surface area contributed by atoms with Gasteiger partial charge in [0.1, 0.15) is 11.6 Å². The average molecular weight is 299 g/mol. The van der Waals surface area contributed by atoms with Gasteiger partial charge in [-0.1, -0.05) is 11.6 Å². The minimum absolute atomic E-state index is 0.259. The molecule has 0 saturated heterocycles. The largest absolute Gasteiger partial charge is 0.327 e. The molecule has 100 valence electrons. The second-order valence-corrected chi connectivity index (χ2v) is 4.66. The molecule has 0 radical (unpaired) electrons. The van der Waals surface area contributed by atoms with E-state index in [1.54, 1.807) is 18.3 Å². The first-order valence-corrected chi connectivity index (χ1v) is 6.80. The average Bonchev–Trinajstić information content (AvgIpc) is 2.43. The van der Waals surface area contributed by atoms with Gasteiger partial charge in [-0.3, -0.25) is 0 Å². The summed E-state index contributed by atoms with van der Waals surface area (Å²) >= 11 is 11.8. The van der Waals surface area contributed by atoms with Crippen molar-refractivity contribution >= 4 is 34.7 Å². The molecule has 0 atom stereocenters. The van der Waals surface area contributed by atoms with Gasteiger partial charge in [-0.15, -0.1) is 11.6 Å². The summed E-state index contributed by atoms with van der Waals surface area (Å²) in [5.74, 6) is 0.814. The van der Waals surface area contributed by atoms with Gasteiger partial charge < -0.3 is 4.90 Å². The van der Waals surface area contributed by atoms with Crippen LogP contribution in [0, 0.1) is 5.82 Å². The molecule has 0 saturated carbocycles. The topological polar surface area (TPSA) is 16.1 Å². The molecule has 0 bridgehead atoms. The van der Waals surface area contributed by atoms with E-state index in [2.05, 4.69) is 4.98 Å². The summed E-state index contributed by atoms with van der Waals surface area (Å²) in [6, 6.07) is 8.14. The number of rotatable bonds is 4. The molecule has 1 aromatic heterocycles. The predicted octanol–water partition coefficient (Wildman–Crippen LogP) is 4.77. The van der Waals surface area contributed by atoms with Crippen LogP contribution in [0.4, 0.5) is 15.9 Å². The molecular formula is C14H13Cl2FN2. The Morgan fingerprint density at radius 3 is 2.53 bits per heavy atom. The summed E-state index contributed by atoms with van der Waals surface area (Å²) in [5.41, 5.74) is 1.70. The first-order chi connectivity index (χ1) is 9.15. The van der Waals surface area contributed by atoms with Crippen LogP contribution in [0.2, 0.25) is 5.02 Å². The van der Waals surface area contributed by atoms with Crippen LogP contribution in [0.3, 0.4) is 0 Å². The Hall–Kier alpha value is -1.32. The fourth-order valence-corrected chi connectivity index (χ4v) is 2.28. The molecule has 2 nitrogen and oxygen atoms in total. The van der Waals surface area contributed by atoms with Crippen molar-refractivity contribution in [2.24, 2.45) is 0 Å². The van der Waals surface area contributed by atoms with Crippen molar-refractivity contribution in [1.82, 2.24) is 4.98 Å². The van der Waals surface area contributed by atoms with Gasteiger partial charge in [-0.05, 0) is 42.8 Å². The van der Waals surface area contributed by atoms with Crippen molar-refractivity contribution in [2.45, 2.75) is 12.8 Å². The van der Waals surface area contributed by atoms with Gasteiger partial charge in [0.15, 0.2) is 0 Å². The lowest BCUT2D eigenvalue weighted by Gasteiger charge is -2.22. The fourth-order valence-electron chi connectivity index (χ4n) is 1.82. The molecular weight excluding hydrogens is 286 g/mol. The quantitative estimate of drug-likeness (QED) is 0.756. The first kappa shape index (κ1) is 14.1. The molecule has 0 aliphatic heterocycles. The second-order valence-electron chi connectivity index (χ2n) is 3.99. The van der Waals surface area contributed by atoms with Crippen LogP contribution in [0.15, 0.2) is 36.5 Å². The smallest absolute Gasteiger partial charge is 0.133 e. The van der Waals surface area contributed by atoms with Crippen LogP contribution in [0.5, 0.6) is 0 Å². The third kappa shape index (κ3) is 3.17. The molecule has 0 amide bonds. The van der Waals surface area contributed by atoms with Crippen molar-refractivity contribution in [2.75, 3.05) is 11.4 Å². The summed E-state index contributed by atoms with van der Waals surface area (Å²) in [5, 5.41) is 0.550. The molecule has 5 heteroatoms. The number of hydrogen-bond donors (Lipinski definition) is 0. The highest BCUT2D eigenvalue weighted by Crippen LogP contribution is 2.27. The molecule has 1 aromatic carbocycles. The molecule has 0 aliphatic carbocycles. The Labute approximate surface area is 121 Å².